The van der Waals surface area contributed by atoms with Crippen molar-refractivity contribution in [3.05, 3.63) is 59.9 Å². The normalized spacial score (nSPS) is 15.5. The van der Waals surface area contributed by atoms with Crippen molar-refractivity contribution in [1.82, 2.24) is 9.97 Å². The third-order valence-electron chi connectivity index (χ3n) is 4.59. The van der Waals surface area contributed by atoms with Crippen molar-refractivity contribution in [2.45, 2.75) is 19.3 Å². The third kappa shape index (κ3) is 2.90. The van der Waals surface area contributed by atoms with Gasteiger partial charge in [0.1, 0.15) is 11.4 Å². The monoisotopic (exact) mass is 349 g/mol. The van der Waals surface area contributed by atoms with E-state index < -0.39 is 0 Å². The van der Waals surface area contributed by atoms with Crippen molar-refractivity contribution < 1.29 is 13.9 Å². The number of anilines is 1. The molecule has 0 bridgehead atoms. The number of aromatic nitrogens is 2. The maximum Gasteiger partial charge on any atom is 0.272 e. The average molecular weight is 349 g/mol. The molecule has 4 rings (SSSR count). The van der Waals surface area contributed by atoms with Crippen LogP contribution in [0.1, 0.15) is 41.0 Å². The van der Waals surface area contributed by atoms with Crippen LogP contribution in [0, 0.1) is 0 Å². The Morgan fingerprint density at radius 1 is 1.38 bits per heavy atom. The summed E-state index contributed by atoms with van der Waals surface area (Å²) in [6, 6.07) is 7.34. The van der Waals surface area contributed by atoms with Gasteiger partial charge in [-0.05, 0) is 42.2 Å². The Morgan fingerprint density at radius 3 is 3.00 bits per heavy atom. The van der Waals surface area contributed by atoms with Gasteiger partial charge < -0.3 is 19.5 Å². The molecule has 0 saturated carbocycles. The summed E-state index contributed by atoms with van der Waals surface area (Å²) < 4.78 is 10.7. The zero-order chi connectivity index (χ0) is 18.1. The number of methoxy groups -OCH3 is 1. The minimum Gasteiger partial charge on any atom is -0.496 e. The predicted molar refractivity (Wildman–Crippen MR) is 99.3 cm³/mol. The van der Waals surface area contributed by atoms with Crippen molar-refractivity contribution in [2.75, 3.05) is 12.4 Å². The van der Waals surface area contributed by atoms with Crippen LogP contribution in [0.5, 0.6) is 5.75 Å². The molecule has 2 N–H and O–H groups in total. The smallest absolute Gasteiger partial charge is 0.272 e. The van der Waals surface area contributed by atoms with Gasteiger partial charge in [-0.3, -0.25) is 4.79 Å². The third-order valence-corrected chi connectivity index (χ3v) is 4.59. The highest BCUT2D eigenvalue weighted by Crippen LogP contribution is 2.33. The molecule has 0 spiro atoms. The number of H-pyrrole nitrogens is 1. The van der Waals surface area contributed by atoms with E-state index in [1.54, 1.807) is 19.4 Å². The van der Waals surface area contributed by atoms with Gasteiger partial charge in [-0.15, -0.1) is 0 Å². The zero-order valence-corrected chi connectivity index (χ0v) is 14.6. The first-order valence-electron chi connectivity index (χ1n) is 8.43. The number of nitrogens with one attached hydrogen (secondary N) is 2. The molecule has 0 radical (unpaired) electrons. The van der Waals surface area contributed by atoms with Gasteiger partial charge in [-0.25, -0.2) is 4.98 Å². The molecule has 1 aliphatic rings. The van der Waals surface area contributed by atoms with Crippen LogP contribution in [0.25, 0.3) is 17.4 Å². The Kier molecular flexibility index (Phi) is 4.08. The Labute approximate surface area is 150 Å². The summed E-state index contributed by atoms with van der Waals surface area (Å²) in [4.78, 5) is 19.7. The van der Waals surface area contributed by atoms with Crippen LogP contribution in [0.4, 0.5) is 5.69 Å². The number of oxazole rings is 1. The summed E-state index contributed by atoms with van der Waals surface area (Å²) in [6.07, 6.45) is 8.13. The summed E-state index contributed by atoms with van der Waals surface area (Å²) in [5.74, 6) is 1.43. The van der Waals surface area contributed by atoms with E-state index in [1.165, 1.54) is 12.0 Å². The lowest BCUT2D eigenvalue weighted by Gasteiger charge is -2.12. The van der Waals surface area contributed by atoms with E-state index in [1.807, 2.05) is 24.3 Å². The number of fused-ring (bicyclic) bond motifs is 1. The molecule has 1 aliphatic carbocycles. The summed E-state index contributed by atoms with van der Waals surface area (Å²) in [6.45, 7) is 2.16. The van der Waals surface area contributed by atoms with Crippen molar-refractivity contribution in [2.24, 2.45) is 0 Å². The molecule has 2 aromatic heterocycles. The highest BCUT2D eigenvalue weighted by atomic mass is 16.5. The lowest BCUT2D eigenvalue weighted by Crippen LogP contribution is -2.12. The molecule has 1 aromatic carbocycles. The quantitative estimate of drug-likeness (QED) is 0.729. The van der Waals surface area contributed by atoms with Crippen molar-refractivity contribution in [3.8, 4) is 17.1 Å². The van der Waals surface area contributed by atoms with Gasteiger partial charge in [0, 0.05) is 17.4 Å². The Morgan fingerprint density at radius 2 is 2.27 bits per heavy atom. The summed E-state index contributed by atoms with van der Waals surface area (Å²) in [7, 11) is 1.58. The maximum atomic E-state index is 12.6. The fourth-order valence-corrected chi connectivity index (χ4v) is 3.19. The van der Waals surface area contributed by atoms with E-state index >= 15 is 0 Å². The lowest BCUT2D eigenvalue weighted by molar-refractivity contribution is 0.102. The number of hydrogen-bond donors (Lipinski definition) is 2. The van der Waals surface area contributed by atoms with Crippen LogP contribution in [-0.2, 0) is 0 Å². The number of benzene rings is 1. The molecule has 1 atom stereocenters. The first-order valence-corrected chi connectivity index (χ1v) is 8.43. The van der Waals surface area contributed by atoms with Crippen molar-refractivity contribution in [1.29, 1.82) is 0 Å². The molecule has 0 fully saturated rings. The second-order valence-corrected chi connectivity index (χ2v) is 6.33. The molecular formula is C20H19N3O3. The summed E-state index contributed by atoms with van der Waals surface area (Å²) in [5, 5.41) is 2.91. The molecule has 2 heterocycles. The van der Waals surface area contributed by atoms with Gasteiger partial charge >= 0.3 is 0 Å². The number of aromatic amines is 1. The zero-order valence-electron chi connectivity index (χ0n) is 14.6. The number of ether oxygens (including phenoxy) is 1. The van der Waals surface area contributed by atoms with Gasteiger partial charge in [0.2, 0.25) is 0 Å². The Balaban J connectivity index is 1.57. The minimum atomic E-state index is -0.186. The van der Waals surface area contributed by atoms with Crippen LogP contribution >= 0.6 is 0 Å². The second kappa shape index (κ2) is 6.55. The first-order chi connectivity index (χ1) is 12.7. The average Bonchev–Trinajstić information content (AvgIpc) is 3.32. The van der Waals surface area contributed by atoms with E-state index in [0.29, 0.717) is 28.8 Å². The van der Waals surface area contributed by atoms with Gasteiger partial charge in [0.25, 0.3) is 5.91 Å². The van der Waals surface area contributed by atoms with Gasteiger partial charge in [0.05, 0.1) is 18.9 Å². The minimum absolute atomic E-state index is 0.186. The SMILES string of the molecule is COc1cc(NC(=O)c2cc3c([nH]2)C=CCC3C)ccc1-c1cnco1. The molecular weight excluding hydrogens is 330 g/mol. The standard InChI is InChI=1S/C20H19N3O3/c1-12-4-3-5-16-15(12)9-17(23-16)20(24)22-13-6-7-14(18(8-13)25-2)19-10-21-11-26-19/h3,5-12,23H,4H2,1-2H3,(H,22,24). The number of allylic oxidation sites excluding steroid dienone is 1. The van der Waals surface area contributed by atoms with Crippen LogP contribution in [0.2, 0.25) is 0 Å². The van der Waals surface area contributed by atoms with Crippen LogP contribution in [-0.4, -0.2) is 23.0 Å². The van der Waals surface area contributed by atoms with Gasteiger partial charge in [-0.1, -0.05) is 13.0 Å². The van der Waals surface area contributed by atoms with Crippen LogP contribution in [0.3, 0.4) is 0 Å². The molecule has 6 heteroatoms. The van der Waals surface area contributed by atoms with E-state index in [0.717, 1.165) is 17.7 Å². The number of nitrogens with zero attached hydrogens (tertiary/aromatic N) is 1. The van der Waals surface area contributed by atoms with Crippen LogP contribution < -0.4 is 10.1 Å². The molecule has 1 amide bonds. The van der Waals surface area contributed by atoms with E-state index in [2.05, 4.69) is 28.3 Å². The van der Waals surface area contributed by atoms with Gasteiger partial charge in [-0.2, -0.15) is 0 Å². The number of carbonyl (C=O) groups excluding carboxylic acids is 1. The Hall–Kier alpha value is -3.28. The first kappa shape index (κ1) is 16.2. The largest absolute Gasteiger partial charge is 0.496 e. The molecule has 6 nitrogen and oxygen atoms in total. The topological polar surface area (TPSA) is 80.1 Å². The van der Waals surface area contributed by atoms with E-state index in [4.69, 9.17) is 9.15 Å². The van der Waals surface area contributed by atoms with E-state index in [-0.39, 0.29) is 5.91 Å². The fourth-order valence-electron chi connectivity index (χ4n) is 3.19. The predicted octanol–water partition coefficient (Wildman–Crippen LogP) is 4.45. The molecule has 26 heavy (non-hydrogen) atoms. The molecule has 132 valence electrons. The fraction of sp³-hybridized carbons (Fsp3) is 0.200. The summed E-state index contributed by atoms with van der Waals surface area (Å²) in [5.41, 5.74) is 4.15. The van der Waals surface area contributed by atoms with Gasteiger partial charge in [0.15, 0.2) is 12.2 Å². The summed E-state index contributed by atoms with van der Waals surface area (Å²) >= 11 is 0. The van der Waals surface area contributed by atoms with E-state index in [9.17, 15) is 4.79 Å². The Bertz CT molecular complexity index is 970. The molecule has 1 unspecified atom stereocenters. The highest BCUT2D eigenvalue weighted by Gasteiger charge is 2.19. The molecule has 0 saturated heterocycles. The number of hydrogen-bond acceptors (Lipinski definition) is 4. The molecule has 0 aliphatic heterocycles. The maximum absolute atomic E-state index is 12.6. The van der Waals surface area contributed by atoms with Crippen molar-refractivity contribution in [3.63, 3.8) is 0 Å². The number of rotatable bonds is 4. The van der Waals surface area contributed by atoms with Crippen molar-refractivity contribution >= 4 is 17.7 Å². The molecule has 3 aromatic rings. The highest BCUT2D eigenvalue weighted by molar-refractivity contribution is 6.03. The number of amides is 1. The second-order valence-electron chi connectivity index (χ2n) is 6.33. The lowest BCUT2D eigenvalue weighted by atomic mass is 9.93. The number of carbonyl (C=O) groups is 1. The van der Waals surface area contributed by atoms with Crippen LogP contribution in [0.15, 0.2) is 47.3 Å².